The second-order valence-electron chi connectivity index (χ2n) is 4.68. The highest BCUT2D eigenvalue weighted by atomic mass is 35.5. The Hall–Kier alpha value is -1.06. The van der Waals surface area contributed by atoms with E-state index >= 15 is 0 Å². The average Bonchev–Trinajstić information content (AvgIpc) is 2.25. The Bertz CT molecular complexity index is 372. The van der Waals surface area contributed by atoms with Gasteiger partial charge in [-0.2, -0.15) is 0 Å². The van der Waals surface area contributed by atoms with Crippen molar-refractivity contribution in [3.63, 3.8) is 0 Å². The third-order valence-electron chi connectivity index (χ3n) is 2.35. The van der Waals surface area contributed by atoms with Gasteiger partial charge in [-0.05, 0) is 31.9 Å². The summed E-state index contributed by atoms with van der Waals surface area (Å²) in [6, 6.07) is 7.64. The zero-order valence-electron chi connectivity index (χ0n) is 10.6. The Morgan fingerprint density at radius 3 is 2.47 bits per heavy atom. The van der Waals surface area contributed by atoms with Gasteiger partial charge in [0.2, 0.25) is 0 Å². The standard InChI is InChI=1S/C13H20N2O.ClH/c1-4-10-7-5-6-8-11(10)12(16)15-9-13(2,3)14;/h5-8H,4,9,14H2,1-3H3,(H,15,16);1H. The highest BCUT2D eigenvalue weighted by Gasteiger charge is 2.14. The molecule has 0 unspecified atom stereocenters. The van der Waals surface area contributed by atoms with Gasteiger partial charge in [0.25, 0.3) is 5.91 Å². The van der Waals surface area contributed by atoms with Gasteiger partial charge in [0.15, 0.2) is 0 Å². The Labute approximate surface area is 109 Å². The normalized spacial score (nSPS) is 10.6. The first-order valence-corrected chi connectivity index (χ1v) is 5.59. The summed E-state index contributed by atoms with van der Waals surface area (Å²) in [6.45, 7) is 6.29. The number of benzene rings is 1. The van der Waals surface area contributed by atoms with Gasteiger partial charge in [-0.15, -0.1) is 12.4 Å². The van der Waals surface area contributed by atoms with Crippen LogP contribution in [0.1, 0.15) is 36.7 Å². The molecule has 0 spiro atoms. The largest absolute Gasteiger partial charge is 0.350 e. The number of amides is 1. The molecule has 1 amide bonds. The minimum absolute atomic E-state index is 0. The number of carbonyl (C=O) groups is 1. The van der Waals surface area contributed by atoms with Crippen LogP contribution >= 0.6 is 12.4 Å². The number of nitrogens with two attached hydrogens (primary N) is 1. The van der Waals surface area contributed by atoms with Crippen LogP contribution in [-0.2, 0) is 6.42 Å². The predicted octanol–water partition coefficient (Wildman–Crippen LogP) is 2.14. The number of halogens is 1. The number of carbonyl (C=O) groups excluding carboxylic acids is 1. The van der Waals surface area contributed by atoms with Crippen LogP contribution in [0.4, 0.5) is 0 Å². The second-order valence-corrected chi connectivity index (χ2v) is 4.68. The molecule has 0 bridgehead atoms. The van der Waals surface area contributed by atoms with E-state index < -0.39 is 0 Å². The minimum Gasteiger partial charge on any atom is -0.350 e. The van der Waals surface area contributed by atoms with E-state index in [0.29, 0.717) is 6.54 Å². The fraction of sp³-hybridized carbons (Fsp3) is 0.462. The lowest BCUT2D eigenvalue weighted by atomic mass is 10.0. The van der Waals surface area contributed by atoms with Crippen molar-refractivity contribution in [2.45, 2.75) is 32.7 Å². The van der Waals surface area contributed by atoms with Gasteiger partial charge < -0.3 is 11.1 Å². The maximum Gasteiger partial charge on any atom is 0.251 e. The fourth-order valence-electron chi connectivity index (χ4n) is 1.45. The molecule has 4 heteroatoms. The SMILES string of the molecule is CCc1ccccc1C(=O)NCC(C)(C)N.Cl. The Morgan fingerprint density at radius 2 is 1.94 bits per heavy atom. The lowest BCUT2D eigenvalue weighted by molar-refractivity contribution is 0.0945. The molecule has 3 N–H and O–H groups in total. The first kappa shape index (κ1) is 15.9. The summed E-state index contributed by atoms with van der Waals surface area (Å²) in [5.41, 5.74) is 7.25. The van der Waals surface area contributed by atoms with Crippen LogP contribution in [-0.4, -0.2) is 18.0 Å². The molecule has 0 saturated carbocycles. The molecule has 0 radical (unpaired) electrons. The second kappa shape index (κ2) is 6.62. The smallest absolute Gasteiger partial charge is 0.251 e. The Kier molecular flexibility index (Phi) is 6.21. The molecule has 0 aliphatic carbocycles. The fourth-order valence-corrected chi connectivity index (χ4v) is 1.45. The van der Waals surface area contributed by atoms with Crippen LogP contribution in [0, 0.1) is 0 Å². The van der Waals surface area contributed by atoms with E-state index in [-0.39, 0.29) is 23.9 Å². The number of rotatable bonds is 4. The van der Waals surface area contributed by atoms with E-state index in [1.807, 2.05) is 45.0 Å². The highest BCUT2D eigenvalue weighted by molar-refractivity contribution is 5.95. The van der Waals surface area contributed by atoms with Crippen molar-refractivity contribution in [1.82, 2.24) is 5.32 Å². The number of nitrogens with one attached hydrogen (secondary N) is 1. The highest BCUT2D eigenvalue weighted by Crippen LogP contribution is 2.09. The number of hydrogen-bond donors (Lipinski definition) is 2. The van der Waals surface area contributed by atoms with Gasteiger partial charge in [0.05, 0.1) is 0 Å². The molecule has 0 aliphatic heterocycles. The number of hydrogen-bond acceptors (Lipinski definition) is 2. The molecule has 1 aromatic rings. The van der Waals surface area contributed by atoms with E-state index in [1.54, 1.807) is 0 Å². The van der Waals surface area contributed by atoms with Crippen molar-refractivity contribution < 1.29 is 4.79 Å². The van der Waals surface area contributed by atoms with Gasteiger partial charge >= 0.3 is 0 Å². The van der Waals surface area contributed by atoms with Crippen LogP contribution in [0.3, 0.4) is 0 Å². The van der Waals surface area contributed by atoms with E-state index in [0.717, 1.165) is 17.5 Å². The maximum atomic E-state index is 11.9. The molecule has 17 heavy (non-hydrogen) atoms. The summed E-state index contributed by atoms with van der Waals surface area (Å²) in [6.07, 6.45) is 0.857. The van der Waals surface area contributed by atoms with Gasteiger partial charge in [-0.25, -0.2) is 0 Å². The van der Waals surface area contributed by atoms with Crippen molar-refractivity contribution in [3.8, 4) is 0 Å². The molecular formula is C13H21ClN2O. The zero-order chi connectivity index (χ0) is 12.2. The molecule has 3 nitrogen and oxygen atoms in total. The average molecular weight is 257 g/mol. The maximum absolute atomic E-state index is 11.9. The summed E-state index contributed by atoms with van der Waals surface area (Å²) < 4.78 is 0. The zero-order valence-corrected chi connectivity index (χ0v) is 11.4. The first-order chi connectivity index (χ1) is 7.44. The van der Waals surface area contributed by atoms with E-state index in [4.69, 9.17) is 5.73 Å². The van der Waals surface area contributed by atoms with Crippen molar-refractivity contribution in [2.75, 3.05) is 6.54 Å². The van der Waals surface area contributed by atoms with Crippen LogP contribution in [0.25, 0.3) is 0 Å². The van der Waals surface area contributed by atoms with Gasteiger partial charge in [-0.3, -0.25) is 4.79 Å². The van der Waals surface area contributed by atoms with Crippen molar-refractivity contribution in [2.24, 2.45) is 5.73 Å². The summed E-state index contributed by atoms with van der Waals surface area (Å²) in [7, 11) is 0. The predicted molar refractivity (Wildman–Crippen MR) is 73.7 cm³/mol. The molecule has 0 aromatic heterocycles. The van der Waals surface area contributed by atoms with Crippen LogP contribution in [0.15, 0.2) is 24.3 Å². The lowest BCUT2D eigenvalue weighted by Gasteiger charge is -2.19. The summed E-state index contributed by atoms with van der Waals surface area (Å²) in [5, 5.41) is 2.85. The number of aryl methyl sites for hydroxylation is 1. The van der Waals surface area contributed by atoms with Crippen molar-refractivity contribution in [1.29, 1.82) is 0 Å². The Morgan fingerprint density at radius 1 is 1.35 bits per heavy atom. The minimum atomic E-state index is -0.378. The summed E-state index contributed by atoms with van der Waals surface area (Å²) in [5.74, 6) is -0.0454. The van der Waals surface area contributed by atoms with Crippen LogP contribution in [0.5, 0.6) is 0 Å². The van der Waals surface area contributed by atoms with Crippen molar-refractivity contribution >= 4 is 18.3 Å². The van der Waals surface area contributed by atoms with Crippen LogP contribution < -0.4 is 11.1 Å². The molecule has 0 aliphatic rings. The van der Waals surface area contributed by atoms with Gasteiger partial charge in [0.1, 0.15) is 0 Å². The topological polar surface area (TPSA) is 55.1 Å². The summed E-state index contributed by atoms with van der Waals surface area (Å²) in [4.78, 5) is 11.9. The Balaban J connectivity index is 0.00000256. The van der Waals surface area contributed by atoms with E-state index in [9.17, 15) is 4.79 Å². The molecule has 0 saturated heterocycles. The van der Waals surface area contributed by atoms with Crippen LogP contribution in [0.2, 0.25) is 0 Å². The van der Waals surface area contributed by atoms with E-state index in [1.165, 1.54) is 0 Å². The third kappa shape index (κ3) is 5.20. The molecular weight excluding hydrogens is 236 g/mol. The van der Waals surface area contributed by atoms with E-state index in [2.05, 4.69) is 5.32 Å². The van der Waals surface area contributed by atoms with Gasteiger partial charge in [-0.1, -0.05) is 25.1 Å². The molecule has 0 fully saturated rings. The summed E-state index contributed by atoms with van der Waals surface area (Å²) >= 11 is 0. The van der Waals surface area contributed by atoms with Crippen molar-refractivity contribution in [3.05, 3.63) is 35.4 Å². The van der Waals surface area contributed by atoms with Gasteiger partial charge in [0, 0.05) is 17.6 Å². The quantitative estimate of drug-likeness (QED) is 0.867. The molecule has 0 atom stereocenters. The molecule has 1 aromatic carbocycles. The molecule has 1 rings (SSSR count). The first-order valence-electron chi connectivity index (χ1n) is 5.59. The molecule has 0 heterocycles. The third-order valence-corrected chi connectivity index (χ3v) is 2.35. The lowest BCUT2D eigenvalue weighted by Crippen LogP contribution is -2.45. The molecule has 96 valence electrons. The monoisotopic (exact) mass is 256 g/mol.